The largest absolute Gasteiger partial charge is 0.388 e. The molecule has 1 aliphatic rings. The molecule has 7 heteroatoms. The van der Waals surface area contributed by atoms with E-state index in [4.69, 9.17) is 10.5 Å². The van der Waals surface area contributed by atoms with Gasteiger partial charge >= 0.3 is 0 Å². The van der Waals surface area contributed by atoms with Crippen LogP contribution in [0.3, 0.4) is 0 Å². The fraction of sp³-hybridized carbons (Fsp3) is 0.500. The van der Waals surface area contributed by atoms with E-state index in [1.807, 2.05) is 10.6 Å². The van der Waals surface area contributed by atoms with Gasteiger partial charge in [-0.05, 0) is 12.5 Å². The summed E-state index contributed by atoms with van der Waals surface area (Å²) in [7, 11) is 1.52. The van der Waals surface area contributed by atoms with Crippen molar-refractivity contribution < 1.29 is 14.9 Å². The Bertz CT molecular complexity index is 600. The van der Waals surface area contributed by atoms with Crippen molar-refractivity contribution in [3.8, 4) is 0 Å². The molecule has 0 spiro atoms. The Kier molecular flexibility index (Phi) is 2.89. The Morgan fingerprint density at radius 3 is 2.84 bits per heavy atom. The molecule has 0 radical (unpaired) electrons. The second kappa shape index (κ2) is 4.44. The molecule has 0 amide bonds. The molecule has 3 rings (SSSR count). The summed E-state index contributed by atoms with van der Waals surface area (Å²) in [5.41, 5.74) is 6.44. The molecule has 4 atom stereocenters. The Balaban J connectivity index is 2.04. The molecule has 2 heterocycles. The highest BCUT2D eigenvalue weighted by molar-refractivity contribution is 5.86. The van der Waals surface area contributed by atoms with Crippen molar-refractivity contribution in [1.29, 1.82) is 0 Å². The molecule has 102 valence electrons. The lowest BCUT2D eigenvalue weighted by Crippen LogP contribution is -2.32. The fourth-order valence-corrected chi connectivity index (χ4v) is 2.74. The first-order valence-corrected chi connectivity index (χ1v) is 6.09. The lowest BCUT2D eigenvalue weighted by Gasteiger charge is -2.18. The highest BCUT2D eigenvalue weighted by Gasteiger charge is 2.43. The smallest absolute Gasteiger partial charge is 0.145 e. The average molecular weight is 264 g/mol. The van der Waals surface area contributed by atoms with Crippen molar-refractivity contribution in [2.24, 2.45) is 0 Å². The standard InChI is InChI=1S/C12H16N4O3/c1-19-8-4-7(9(17)10(8)18)16-3-2-6-11(13)14-5-15-12(6)16/h2-3,5,7-10,17-18H,4H2,1H3,(H2,13,14,15)/t7-,8+,9+,10-/m0/s1. The summed E-state index contributed by atoms with van der Waals surface area (Å²) in [5.74, 6) is 0.403. The molecule has 1 aliphatic carbocycles. The van der Waals surface area contributed by atoms with Crippen molar-refractivity contribution in [1.82, 2.24) is 14.5 Å². The molecule has 19 heavy (non-hydrogen) atoms. The van der Waals surface area contributed by atoms with Gasteiger partial charge in [-0.2, -0.15) is 0 Å². The van der Waals surface area contributed by atoms with E-state index in [0.29, 0.717) is 17.9 Å². The van der Waals surface area contributed by atoms with E-state index in [1.165, 1.54) is 13.4 Å². The van der Waals surface area contributed by atoms with Crippen LogP contribution in [-0.4, -0.2) is 50.2 Å². The summed E-state index contributed by atoms with van der Waals surface area (Å²) >= 11 is 0. The number of anilines is 1. The second-order valence-corrected chi connectivity index (χ2v) is 4.78. The molecule has 0 aliphatic heterocycles. The summed E-state index contributed by atoms with van der Waals surface area (Å²) in [6.45, 7) is 0. The van der Waals surface area contributed by atoms with E-state index < -0.39 is 12.2 Å². The van der Waals surface area contributed by atoms with Crippen molar-refractivity contribution >= 4 is 16.9 Å². The van der Waals surface area contributed by atoms with Gasteiger partial charge in [-0.1, -0.05) is 0 Å². The first-order valence-electron chi connectivity index (χ1n) is 6.09. The number of ether oxygens (including phenoxy) is 1. The van der Waals surface area contributed by atoms with Crippen LogP contribution in [0.5, 0.6) is 0 Å². The van der Waals surface area contributed by atoms with Crippen LogP contribution in [0.2, 0.25) is 0 Å². The van der Waals surface area contributed by atoms with Gasteiger partial charge in [-0.25, -0.2) is 9.97 Å². The number of aliphatic hydroxyl groups excluding tert-OH is 2. The van der Waals surface area contributed by atoms with Crippen LogP contribution in [0.25, 0.3) is 11.0 Å². The zero-order chi connectivity index (χ0) is 13.6. The maximum Gasteiger partial charge on any atom is 0.145 e. The van der Waals surface area contributed by atoms with Gasteiger partial charge in [0.15, 0.2) is 0 Å². The fourth-order valence-electron chi connectivity index (χ4n) is 2.74. The number of hydrogen-bond acceptors (Lipinski definition) is 6. The highest BCUT2D eigenvalue weighted by atomic mass is 16.5. The Morgan fingerprint density at radius 2 is 2.16 bits per heavy atom. The number of hydrogen-bond donors (Lipinski definition) is 3. The number of nitrogens with zero attached hydrogens (tertiary/aromatic N) is 3. The van der Waals surface area contributed by atoms with Crippen LogP contribution < -0.4 is 5.73 Å². The van der Waals surface area contributed by atoms with E-state index in [-0.39, 0.29) is 12.1 Å². The van der Waals surface area contributed by atoms with Gasteiger partial charge in [0.05, 0.1) is 17.5 Å². The number of rotatable bonds is 2. The normalized spacial score (nSPS) is 31.1. The molecule has 7 nitrogen and oxygen atoms in total. The molecule has 1 fully saturated rings. The summed E-state index contributed by atoms with van der Waals surface area (Å²) in [6.07, 6.45) is 1.54. The van der Waals surface area contributed by atoms with Crippen molar-refractivity contribution in [2.45, 2.75) is 30.8 Å². The number of aromatic nitrogens is 3. The number of nitrogens with two attached hydrogens (primary N) is 1. The molecular formula is C12H16N4O3. The van der Waals surface area contributed by atoms with Gasteiger partial charge < -0.3 is 25.3 Å². The number of fused-ring (bicyclic) bond motifs is 1. The Hall–Kier alpha value is -1.70. The minimum atomic E-state index is -0.897. The predicted molar refractivity (Wildman–Crippen MR) is 68.4 cm³/mol. The van der Waals surface area contributed by atoms with Gasteiger partial charge in [-0.15, -0.1) is 0 Å². The van der Waals surface area contributed by atoms with Gasteiger partial charge in [0.25, 0.3) is 0 Å². The molecular weight excluding hydrogens is 248 g/mol. The van der Waals surface area contributed by atoms with E-state index in [2.05, 4.69) is 9.97 Å². The molecule has 1 saturated carbocycles. The molecule has 0 saturated heterocycles. The van der Waals surface area contributed by atoms with Gasteiger partial charge in [0.1, 0.15) is 30.0 Å². The maximum absolute atomic E-state index is 10.1. The number of nitrogen functional groups attached to an aromatic ring is 1. The van der Waals surface area contributed by atoms with Crippen molar-refractivity contribution in [2.75, 3.05) is 12.8 Å². The molecule has 0 aromatic carbocycles. The van der Waals surface area contributed by atoms with Gasteiger partial charge in [0.2, 0.25) is 0 Å². The molecule has 0 unspecified atom stereocenters. The Morgan fingerprint density at radius 1 is 1.37 bits per heavy atom. The van der Waals surface area contributed by atoms with E-state index >= 15 is 0 Å². The predicted octanol–water partition coefficient (Wildman–Crippen LogP) is -0.305. The summed E-state index contributed by atoms with van der Waals surface area (Å²) in [4.78, 5) is 8.12. The summed E-state index contributed by atoms with van der Waals surface area (Å²) in [6, 6.07) is 1.52. The van der Waals surface area contributed by atoms with Gasteiger partial charge in [0, 0.05) is 13.3 Å². The van der Waals surface area contributed by atoms with E-state index in [1.54, 1.807) is 6.20 Å². The van der Waals surface area contributed by atoms with Crippen molar-refractivity contribution in [3.05, 3.63) is 18.6 Å². The summed E-state index contributed by atoms with van der Waals surface area (Å²) in [5, 5.41) is 20.8. The lowest BCUT2D eigenvalue weighted by molar-refractivity contribution is -0.0404. The Labute approximate surface area is 109 Å². The first kappa shape index (κ1) is 12.3. The van der Waals surface area contributed by atoms with Crippen LogP contribution in [0.15, 0.2) is 18.6 Å². The quantitative estimate of drug-likeness (QED) is 0.687. The van der Waals surface area contributed by atoms with Crippen LogP contribution >= 0.6 is 0 Å². The minimum absolute atomic E-state index is 0.285. The molecule has 4 N–H and O–H groups in total. The lowest BCUT2D eigenvalue weighted by atomic mass is 10.2. The van der Waals surface area contributed by atoms with Crippen molar-refractivity contribution in [3.63, 3.8) is 0 Å². The molecule has 2 aromatic heterocycles. The van der Waals surface area contributed by atoms with Crippen LogP contribution in [0.4, 0.5) is 5.82 Å². The van der Waals surface area contributed by atoms with E-state index in [0.717, 1.165) is 5.39 Å². The molecule has 2 aromatic rings. The molecule has 0 bridgehead atoms. The third-order valence-corrected chi connectivity index (χ3v) is 3.80. The zero-order valence-corrected chi connectivity index (χ0v) is 10.5. The van der Waals surface area contributed by atoms with Crippen LogP contribution in [-0.2, 0) is 4.74 Å². The minimum Gasteiger partial charge on any atom is -0.388 e. The van der Waals surface area contributed by atoms with Gasteiger partial charge in [-0.3, -0.25) is 0 Å². The SMILES string of the molecule is CO[C@@H]1C[C@H](n2ccc3c(N)ncnc32)[C@@H](O)[C@H]1O. The monoisotopic (exact) mass is 264 g/mol. The third kappa shape index (κ3) is 1.78. The van der Waals surface area contributed by atoms with Crippen LogP contribution in [0.1, 0.15) is 12.5 Å². The highest BCUT2D eigenvalue weighted by Crippen LogP contribution is 2.35. The second-order valence-electron chi connectivity index (χ2n) is 4.78. The maximum atomic E-state index is 10.1. The third-order valence-electron chi connectivity index (χ3n) is 3.80. The zero-order valence-electron chi connectivity index (χ0n) is 10.5. The first-order chi connectivity index (χ1) is 9.13. The average Bonchev–Trinajstić information content (AvgIpc) is 2.94. The van der Waals surface area contributed by atoms with E-state index in [9.17, 15) is 10.2 Å². The topological polar surface area (TPSA) is 106 Å². The van der Waals surface area contributed by atoms with Crippen LogP contribution in [0, 0.1) is 0 Å². The number of methoxy groups -OCH3 is 1. The number of aliphatic hydroxyl groups is 2. The summed E-state index contributed by atoms with van der Waals surface area (Å²) < 4.78 is 7.00.